The number of aliphatic carboxylic acids is 1. The van der Waals surface area contributed by atoms with Crippen molar-refractivity contribution in [2.75, 3.05) is 12.5 Å². The first-order chi connectivity index (χ1) is 17.4. The number of carboxylic acids is 1. The quantitative estimate of drug-likeness (QED) is 0.280. The molecule has 1 aliphatic heterocycles. The second-order valence-electron chi connectivity index (χ2n) is 8.86. The summed E-state index contributed by atoms with van der Waals surface area (Å²) in [6.07, 6.45) is 5.84. The van der Waals surface area contributed by atoms with Crippen molar-refractivity contribution >= 4 is 28.9 Å². The Kier molecular flexibility index (Phi) is 6.52. The van der Waals surface area contributed by atoms with Crippen molar-refractivity contribution in [1.29, 1.82) is 0 Å². The van der Waals surface area contributed by atoms with Crippen LogP contribution in [0.2, 0.25) is 0 Å². The van der Waals surface area contributed by atoms with Crippen molar-refractivity contribution in [2.45, 2.75) is 25.6 Å². The maximum atomic E-state index is 14.8. The number of hydrogen-bond acceptors (Lipinski definition) is 5. The van der Waals surface area contributed by atoms with Gasteiger partial charge in [0.05, 0.1) is 12.8 Å². The minimum Gasteiger partial charge on any atom is -0.479 e. The number of halogens is 2. The minimum atomic E-state index is -1.35. The molecule has 6 nitrogen and oxygen atoms in total. The van der Waals surface area contributed by atoms with E-state index in [1.54, 1.807) is 6.20 Å². The van der Waals surface area contributed by atoms with Gasteiger partial charge in [-0.05, 0) is 70.9 Å². The number of hydrazine groups is 1. The number of carbonyl (C=O) groups is 1. The number of fused-ring (bicyclic) bond motifs is 1. The first kappa shape index (κ1) is 23.7. The van der Waals surface area contributed by atoms with Gasteiger partial charge in [-0.2, -0.15) is 0 Å². The van der Waals surface area contributed by atoms with Gasteiger partial charge < -0.3 is 15.3 Å². The molecule has 0 saturated heterocycles. The number of pyridine rings is 1. The third kappa shape index (κ3) is 4.59. The van der Waals surface area contributed by atoms with E-state index in [2.05, 4.69) is 15.8 Å². The molecular weight excluding hydrogens is 464 g/mol. The third-order valence-electron chi connectivity index (χ3n) is 6.66. The fraction of sp³-hybridized carbons (Fsp3) is 0.214. The van der Waals surface area contributed by atoms with Crippen LogP contribution in [-0.4, -0.2) is 23.2 Å². The molecule has 1 saturated carbocycles. The predicted molar refractivity (Wildman–Crippen MR) is 134 cm³/mol. The Hall–Kier alpha value is -4.04. The van der Waals surface area contributed by atoms with Gasteiger partial charge in [-0.1, -0.05) is 36.8 Å². The number of hydrogen-bond donors (Lipinski definition) is 3. The highest BCUT2D eigenvalue weighted by Gasteiger charge is 2.29. The Morgan fingerprint density at radius 1 is 1.11 bits per heavy atom. The molecule has 1 fully saturated rings. The topological polar surface area (TPSA) is 83.5 Å². The number of methoxy groups -OCH3 is 1. The van der Waals surface area contributed by atoms with Gasteiger partial charge in [0.15, 0.2) is 12.1 Å². The summed E-state index contributed by atoms with van der Waals surface area (Å²) in [6.45, 7) is 0. The van der Waals surface area contributed by atoms with Gasteiger partial charge in [-0.3, -0.25) is 0 Å². The zero-order valence-corrected chi connectivity index (χ0v) is 19.6. The van der Waals surface area contributed by atoms with E-state index in [0.29, 0.717) is 16.8 Å². The van der Waals surface area contributed by atoms with Crippen LogP contribution in [0.1, 0.15) is 53.4 Å². The predicted octanol–water partition coefficient (Wildman–Crippen LogP) is 5.98. The lowest BCUT2D eigenvalue weighted by Crippen LogP contribution is -2.16. The number of anilines is 1. The highest BCUT2D eigenvalue weighted by molar-refractivity contribution is 6.00. The Morgan fingerprint density at radius 2 is 1.86 bits per heavy atom. The molecule has 3 N–H and O–H groups in total. The average Bonchev–Trinajstić information content (AvgIpc) is 3.22. The number of allylic oxidation sites excluding steroid dienone is 1. The molecule has 36 heavy (non-hydrogen) atoms. The zero-order chi connectivity index (χ0) is 25.2. The molecule has 1 atom stereocenters. The van der Waals surface area contributed by atoms with Crippen LogP contribution in [0.15, 0.2) is 60.8 Å². The Labute approximate surface area is 207 Å². The van der Waals surface area contributed by atoms with Crippen LogP contribution in [0.5, 0.6) is 5.88 Å². The third-order valence-corrected chi connectivity index (χ3v) is 6.66. The summed E-state index contributed by atoms with van der Waals surface area (Å²) in [7, 11) is 1.37. The molecule has 8 heteroatoms. The number of nitrogens with one attached hydrogen (secondary N) is 2. The number of aromatic nitrogens is 1. The first-order valence-corrected chi connectivity index (χ1v) is 11.7. The molecule has 3 aromatic rings. The minimum absolute atomic E-state index is 0.0715. The summed E-state index contributed by atoms with van der Waals surface area (Å²) in [6, 6.07) is 14.5. The highest BCUT2D eigenvalue weighted by atomic mass is 19.1. The first-order valence-electron chi connectivity index (χ1n) is 11.7. The van der Waals surface area contributed by atoms with Crippen LogP contribution in [0.4, 0.5) is 14.5 Å². The maximum Gasteiger partial charge on any atom is 0.328 e. The lowest BCUT2D eigenvalue weighted by atomic mass is 9.73. The lowest BCUT2D eigenvalue weighted by Gasteiger charge is -2.31. The molecule has 2 heterocycles. The van der Waals surface area contributed by atoms with Gasteiger partial charge in [0.2, 0.25) is 5.88 Å². The molecule has 0 spiro atoms. The van der Waals surface area contributed by atoms with Crippen molar-refractivity contribution < 1.29 is 23.4 Å². The summed E-state index contributed by atoms with van der Waals surface area (Å²) in [5, 5.41) is 8.94. The number of alkyl halides is 1. The van der Waals surface area contributed by atoms with Crippen molar-refractivity contribution in [3.05, 3.63) is 94.4 Å². The van der Waals surface area contributed by atoms with E-state index in [4.69, 9.17) is 9.84 Å². The fourth-order valence-corrected chi connectivity index (χ4v) is 4.67. The molecule has 184 valence electrons. The van der Waals surface area contributed by atoms with Gasteiger partial charge >= 0.3 is 5.97 Å². The number of nitrogens with zero attached hydrogens (tertiary/aromatic N) is 1. The molecule has 2 aliphatic rings. The molecule has 1 unspecified atom stereocenters. The Balaban J connectivity index is 1.72. The molecule has 1 aromatic heterocycles. The standard InChI is InChI=1S/C28H25F2N3O3/c1-36-28-22(29)14-20(15-31-28)26(17-3-2-4-17)25(18-8-5-16(6-9-18)7-12-24(34)35)19-10-11-23-21(13-19)27(30)33-32-23/h5-15,17,27,32-33H,2-4H2,1H3,(H,34,35)/b12-7+,26-25+. The largest absolute Gasteiger partial charge is 0.479 e. The Bertz CT molecular complexity index is 1360. The molecular formula is C28H25F2N3O3. The summed E-state index contributed by atoms with van der Waals surface area (Å²) >= 11 is 0. The van der Waals surface area contributed by atoms with E-state index in [1.165, 1.54) is 19.3 Å². The summed E-state index contributed by atoms with van der Waals surface area (Å²) in [4.78, 5) is 15.1. The van der Waals surface area contributed by atoms with E-state index in [0.717, 1.165) is 53.2 Å². The number of carboxylic acid groups (broad SMARTS) is 1. The van der Waals surface area contributed by atoms with Gasteiger partial charge in [-0.25, -0.2) is 24.0 Å². The number of rotatable bonds is 7. The van der Waals surface area contributed by atoms with Gasteiger partial charge in [0, 0.05) is 23.4 Å². The monoisotopic (exact) mass is 489 g/mol. The average molecular weight is 490 g/mol. The van der Waals surface area contributed by atoms with Crippen LogP contribution in [0.25, 0.3) is 17.2 Å². The normalized spacial score (nSPS) is 17.8. The SMILES string of the molecule is COc1ncc(/C(=C(\c2ccc(/C=C/C(=O)O)cc2)c2ccc3c(c2)C(F)NN3)C2CCC2)cc1F. The van der Waals surface area contributed by atoms with Crippen LogP contribution in [0, 0.1) is 11.7 Å². The van der Waals surface area contributed by atoms with Gasteiger partial charge in [0.1, 0.15) is 0 Å². The molecule has 2 aromatic carbocycles. The molecule has 0 radical (unpaired) electrons. The summed E-state index contributed by atoms with van der Waals surface area (Å²) in [5.41, 5.74) is 11.4. The second-order valence-corrected chi connectivity index (χ2v) is 8.86. The van der Waals surface area contributed by atoms with E-state index in [1.807, 2.05) is 42.5 Å². The smallest absolute Gasteiger partial charge is 0.328 e. The van der Waals surface area contributed by atoms with Gasteiger partial charge in [-0.15, -0.1) is 0 Å². The van der Waals surface area contributed by atoms with Crippen LogP contribution < -0.4 is 15.6 Å². The lowest BCUT2D eigenvalue weighted by molar-refractivity contribution is -0.131. The molecule has 0 amide bonds. The number of benzene rings is 2. The van der Waals surface area contributed by atoms with E-state index in [-0.39, 0.29) is 11.8 Å². The van der Waals surface area contributed by atoms with E-state index in [9.17, 15) is 13.6 Å². The molecule has 5 rings (SSSR count). The summed E-state index contributed by atoms with van der Waals surface area (Å²) < 4.78 is 34.3. The van der Waals surface area contributed by atoms with Crippen molar-refractivity contribution in [1.82, 2.24) is 10.4 Å². The zero-order valence-electron chi connectivity index (χ0n) is 19.6. The molecule has 0 bridgehead atoms. The van der Waals surface area contributed by atoms with Crippen molar-refractivity contribution in [3.63, 3.8) is 0 Å². The second kappa shape index (κ2) is 9.91. The van der Waals surface area contributed by atoms with Gasteiger partial charge in [0.25, 0.3) is 0 Å². The van der Waals surface area contributed by atoms with Crippen LogP contribution >= 0.6 is 0 Å². The number of ether oxygens (including phenoxy) is 1. The fourth-order valence-electron chi connectivity index (χ4n) is 4.67. The van der Waals surface area contributed by atoms with E-state index >= 15 is 0 Å². The van der Waals surface area contributed by atoms with Crippen LogP contribution in [0.3, 0.4) is 0 Å². The van der Waals surface area contributed by atoms with Crippen molar-refractivity contribution in [2.24, 2.45) is 5.92 Å². The highest BCUT2D eigenvalue weighted by Crippen LogP contribution is 2.46. The molecule has 1 aliphatic carbocycles. The Morgan fingerprint density at radius 3 is 2.50 bits per heavy atom. The maximum absolute atomic E-state index is 14.8. The van der Waals surface area contributed by atoms with Crippen molar-refractivity contribution in [3.8, 4) is 5.88 Å². The summed E-state index contributed by atoms with van der Waals surface area (Å²) in [5.74, 6) is -1.46. The van der Waals surface area contributed by atoms with E-state index < -0.39 is 18.1 Å². The van der Waals surface area contributed by atoms with Crippen LogP contribution in [-0.2, 0) is 4.79 Å².